The number of carbonyl (C=O) groups excluding carboxylic acids is 2. The van der Waals surface area contributed by atoms with Crippen molar-refractivity contribution >= 4 is 22.7 Å². The summed E-state index contributed by atoms with van der Waals surface area (Å²) in [6.45, 7) is 1.17. The Morgan fingerprint density at radius 2 is 1.67 bits per heavy atom. The fraction of sp³-hybridized carbons (Fsp3) is 0.333. The van der Waals surface area contributed by atoms with E-state index in [0.29, 0.717) is 45.1 Å². The summed E-state index contributed by atoms with van der Waals surface area (Å²) in [6.07, 6.45) is 8.20. The quantitative estimate of drug-likeness (QED) is 0.163. The molecule has 0 spiro atoms. The fourth-order valence-corrected chi connectivity index (χ4v) is 5.53. The predicted molar refractivity (Wildman–Crippen MR) is 149 cm³/mol. The van der Waals surface area contributed by atoms with Gasteiger partial charge in [-0.25, -0.2) is 0 Å². The first-order chi connectivity index (χ1) is 18.8. The molecule has 0 bridgehead atoms. The third-order valence-corrected chi connectivity index (χ3v) is 7.57. The number of esters is 2. The van der Waals surface area contributed by atoms with Crippen molar-refractivity contribution in [3.63, 3.8) is 0 Å². The number of rotatable bonds is 13. The van der Waals surface area contributed by atoms with Crippen LogP contribution in [0.2, 0.25) is 0 Å². The molecule has 8 nitrogen and oxygen atoms in total. The molecule has 9 heteroatoms. The Kier molecular flexibility index (Phi) is 11.2. The maximum absolute atomic E-state index is 13.8. The summed E-state index contributed by atoms with van der Waals surface area (Å²) in [5.74, 6) is -0.229. The maximum Gasteiger partial charge on any atom is 0.325 e. The van der Waals surface area contributed by atoms with E-state index in [0.717, 1.165) is 32.1 Å². The maximum atomic E-state index is 13.8. The Hall–Kier alpha value is -4.03. The van der Waals surface area contributed by atoms with Crippen molar-refractivity contribution in [2.24, 2.45) is 0 Å². The van der Waals surface area contributed by atoms with Gasteiger partial charge in [-0.1, -0.05) is 49.6 Å². The van der Waals surface area contributed by atoms with Crippen LogP contribution in [0.15, 0.2) is 70.6 Å². The molecule has 1 heterocycles. The zero-order valence-corrected chi connectivity index (χ0v) is 23.0. The Morgan fingerprint density at radius 1 is 0.949 bits per heavy atom. The van der Waals surface area contributed by atoms with E-state index in [1.807, 2.05) is 0 Å². The molecule has 0 N–H and O–H groups in total. The Balaban J connectivity index is 1.99. The lowest BCUT2D eigenvalue weighted by atomic mass is 10.0. The first kappa shape index (κ1) is 29.5. The van der Waals surface area contributed by atoms with Crippen LogP contribution in [0.5, 0.6) is 5.75 Å². The van der Waals surface area contributed by atoms with Gasteiger partial charge in [0.2, 0.25) is 0 Å². The molecule has 39 heavy (non-hydrogen) atoms. The summed E-state index contributed by atoms with van der Waals surface area (Å²) in [5.41, 5.74) is 1.33. The van der Waals surface area contributed by atoms with E-state index in [2.05, 4.69) is 6.07 Å². The van der Waals surface area contributed by atoms with Crippen molar-refractivity contribution in [3.8, 4) is 34.1 Å². The second-order valence-electron chi connectivity index (χ2n) is 9.01. The van der Waals surface area contributed by atoms with Crippen molar-refractivity contribution in [2.45, 2.75) is 56.9 Å². The van der Waals surface area contributed by atoms with E-state index in [1.54, 1.807) is 65.5 Å². The van der Waals surface area contributed by atoms with Crippen LogP contribution in [-0.2, 0) is 31.7 Å². The van der Waals surface area contributed by atoms with Crippen LogP contribution in [0, 0.1) is 11.3 Å². The molecular weight excluding hydrogens is 516 g/mol. The summed E-state index contributed by atoms with van der Waals surface area (Å²) in [4.78, 5) is 37.9. The standard InChI is InChI=1S/C30H32N2O6S/c1-22(33)38-24-13-11-12-23(18-24)26-19-32(21-29(34)37-2)20-27(30(26)35)25-14-7-8-15-28(25)39(36)17-10-6-4-3-5-9-16-31/h7-8,11-15,18-20H,3-6,9-10,17,21H2,1-2H3. The molecule has 0 radical (unpaired) electrons. The second kappa shape index (κ2) is 14.8. The van der Waals surface area contributed by atoms with Gasteiger partial charge in [-0.3, -0.25) is 18.6 Å². The molecule has 0 aliphatic heterocycles. The summed E-state index contributed by atoms with van der Waals surface area (Å²) >= 11 is 0. The van der Waals surface area contributed by atoms with Crippen LogP contribution < -0.4 is 10.2 Å². The minimum absolute atomic E-state index is 0.128. The summed E-state index contributed by atoms with van der Waals surface area (Å²) in [6, 6.07) is 15.8. The number of ether oxygens (including phenoxy) is 2. The lowest BCUT2D eigenvalue weighted by Crippen LogP contribution is -2.18. The number of aromatic nitrogens is 1. The van der Waals surface area contributed by atoms with Gasteiger partial charge >= 0.3 is 11.9 Å². The molecule has 1 unspecified atom stereocenters. The van der Waals surface area contributed by atoms with Gasteiger partial charge in [-0.15, -0.1) is 0 Å². The number of unbranched alkanes of at least 4 members (excludes halogenated alkanes) is 5. The van der Waals surface area contributed by atoms with Crippen molar-refractivity contribution in [1.82, 2.24) is 4.57 Å². The van der Waals surface area contributed by atoms with Crippen LogP contribution in [0.3, 0.4) is 0 Å². The van der Waals surface area contributed by atoms with Crippen LogP contribution >= 0.6 is 0 Å². The topological polar surface area (TPSA) is 115 Å². The third-order valence-electron chi connectivity index (χ3n) is 6.07. The highest BCUT2D eigenvalue weighted by atomic mass is 32.2. The van der Waals surface area contributed by atoms with Crippen LogP contribution in [0.1, 0.15) is 45.4 Å². The number of nitrogens with zero attached hydrogens (tertiary/aromatic N) is 2. The Morgan fingerprint density at radius 3 is 2.41 bits per heavy atom. The first-order valence-corrected chi connectivity index (χ1v) is 14.1. The monoisotopic (exact) mass is 548 g/mol. The minimum atomic E-state index is -1.34. The number of hydrogen-bond donors (Lipinski definition) is 0. The average molecular weight is 549 g/mol. The number of pyridine rings is 1. The molecule has 0 saturated carbocycles. The highest BCUT2D eigenvalue weighted by molar-refractivity contribution is 7.85. The zero-order valence-electron chi connectivity index (χ0n) is 22.2. The van der Waals surface area contributed by atoms with Crippen LogP contribution in [0.4, 0.5) is 0 Å². The lowest BCUT2D eigenvalue weighted by Gasteiger charge is -2.15. The molecule has 1 atom stereocenters. The van der Waals surface area contributed by atoms with Crippen molar-refractivity contribution < 1.29 is 23.3 Å². The number of benzene rings is 2. The molecule has 0 saturated heterocycles. The van der Waals surface area contributed by atoms with E-state index in [1.165, 1.54) is 14.0 Å². The SMILES string of the molecule is COC(=O)Cn1cc(-c2cccc(OC(C)=O)c2)c(=O)c(-c2ccccc2S(=O)CCCCCCCC#N)c1. The van der Waals surface area contributed by atoms with Crippen molar-refractivity contribution in [1.29, 1.82) is 5.26 Å². The van der Waals surface area contributed by atoms with Gasteiger partial charge in [-0.2, -0.15) is 5.26 Å². The Bertz CT molecular complexity index is 1440. The van der Waals surface area contributed by atoms with Gasteiger partial charge in [0.25, 0.3) is 0 Å². The number of carbonyl (C=O) groups is 2. The predicted octanol–water partition coefficient (Wildman–Crippen LogP) is 5.25. The smallest absolute Gasteiger partial charge is 0.325 e. The van der Waals surface area contributed by atoms with Gasteiger partial charge in [-0.05, 0) is 36.6 Å². The molecule has 0 fully saturated rings. The van der Waals surface area contributed by atoms with Gasteiger partial charge in [0.05, 0.1) is 24.0 Å². The molecular formula is C30H32N2O6S. The van der Waals surface area contributed by atoms with Gasteiger partial charge in [0.15, 0.2) is 5.43 Å². The van der Waals surface area contributed by atoms with Crippen LogP contribution in [-0.4, -0.2) is 33.6 Å². The van der Waals surface area contributed by atoms with Gasteiger partial charge in [0.1, 0.15) is 12.3 Å². The van der Waals surface area contributed by atoms with E-state index in [4.69, 9.17) is 14.7 Å². The van der Waals surface area contributed by atoms with E-state index in [9.17, 15) is 18.6 Å². The first-order valence-electron chi connectivity index (χ1n) is 12.8. The normalized spacial score (nSPS) is 11.4. The number of nitriles is 1. The number of methoxy groups -OCH3 is 1. The highest BCUT2D eigenvalue weighted by Crippen LogP contribution is 2.28. The summed E-state index contributed by atoms with van der Waals surface area (Å²) < 4.78 is 24.9. The summed E-state index contributed by atoms with van der Waals surface area (Å²) in [5, 5.41) is 8.65. The molecule has 3 rings (SSSR count). The number of hydrogen-bond acceptors (Lipinski definition) is 7. The third kappa shape index (κ3) is 8.48. The molecule has 0 amide bonds. The molecule has 0 aliphatic rings. The largest absolute Gasteiger partial charge is 0.468 e. The molecule has 0 aliphatic carbocycles. The van der Waals surface area contributed by atoms with E-state index >= 15 is 0 Å². The fourth-order valence-electron chi connectivity index (χ4n) is 4.19. The average Bonchev–Trinajstić information content (AvgIpc) is 2.93. The summed E-state index contributed by atoms with van der Waals surface area (Å²) in [7, 11) is -0.0537. The highest BCUT2D eigenvalue weighted by Gasteiger charge is 2.18. The molecule has 3 aromatic rings. The molecule has 204 valence electrons. The van der Waals surface area contributed by atoms with Crippen LogP contribution in [0.25, 0.3) is 22.3 Å². The van der Waals surface area contributed by atoms with E-state index < -0.39 is 22.7 Å². The van der Waals surface area contributed by atoms with Gasteiger partial charge in [0, 0.05) is 53.1 Å². The zero-order chi connectivity index (χ0) is 28.2. The second-order valence-corrected chi connectivity index (χ2v) is 10.5. The molecule has 2 aromatic carbocycles. The molecule has 1 aromatic heterocycles. The van der Waals surface area contributed by atoms with Crippen molar-refractivity contribution in [2.75, 3.05) is 12.9 Å². The van der Waals surface area contributed by atoms with Crippen molar-refractivity contribution in [3.05, 3.63) is 71.1 Å². The Labute approximate surface area is 230 Å². The minimum Gasteiger partial charge on any atom is -0.468 e. The van der Waals surface area contributed by atoms with Gasteiger partial charge < -0.3 is 14.0 Å². The van der Waals surface area contributed by atoms with E-state index in [-0.39, 0.29) is 12.0 Å². The lowest BCUT2D eigenvalue weighted by molar-refractivity contribution is -0.141.